The molecule has 9 nitrogen and oxygen atoms in total. The number of nitrogens with zero attached hydrogens (tertiary/aromatic N) is 4. The summed E-state index contributed by atoms with van der Waals surface area (Å²) in [5, 5.41) is 22.3. The number of fused-ring (bicyclic) bond motifs is 3. The Kier molecular flexibility index (Phi) is 3.91. The van der Waals surface area contributed by atoms with Crippen LogP contribution in [0.25, 0.3) is 16.6 Å². The molecule has 9 heteroatoms. The van der Waals surface area contributed by atoms with E-state index < -0.39 is 26.8 Å². The Hall–Kier alpha value is -3.36. The van der Waals surface area contributed by atoms with E-state index in [1.165, 1.54) is 4.40 Å². The molecule has 0 unspecified atom stereocenters. The minimum Gasteiger partial charge on any atom is -0.295 e. The second kappa shape index (κ2) is 5.93. The molecule has 0 saturated carbocycles. The molecule has 0 aliphatic rings. The van der Waals surface area contributed by atoms with Gasteiger partial charge < -0.3 is 0 Å². The first kappa shape index (κ1) is 16.5. The standard InChI is InChI=1S/C16H14N4O5/c1-9(2)6-10-4-3-5-18-14-12(16(21)17-15(10)18)7-11(19(22)23)8-13(14)20(24)25/h3-5,7-9H,6H2,1-2H3. The molecule has 0 fully saturated rings. The highest BCUT2D eigenvalue weighted by molar-refractivity contribution is 5.91. The SMILES string of the molecule is CC(C)Cc1cccn2c1nc(=O)c1cc([N+](=O)[O-])cc([N+](=O)[O-])c12. The van der Waals surface area contributed by atoms with Gasteiger partial charge in [0.05, 0.1) is 21.3 Å². The number of nitro benzene ring substituents is 2. The second-order valence-electron chi connectivity index (χ2n) is 6.12. The van der Waals surface area contributed by atoms with Crippen molar-refractivity contribution in [2.45, 2.75) is 20.3 Å². The molecule has 3 aromatic rings. The molecule has 2 heterocycles. The van der Waals surface area contributed by atoms with Crippen molar-refractivity contribution >= 4 is 27.9 Å². The Morgan fingerprint density at radius 2 is 1.92 bits per heavy atom. The maximum absolute atomic E-state index is 12.4. The molecule has 0 aliphatic carbocycles. The van der Waals surface area contributed by atoms with E-state index in [-0.39, 0.29) is 10.9 Å². The van der Waals surface area contributed by atoms with E-state index in [4.69, 9.17) is 0 Å². The van der Waals surface area contributed by atoms with Crippen LogP contribution in [0.1, 0.15) is 19.4 Å². The molecule has 0 aliphatic heterocycles. The largest absolute Gasteiger partial charge is 0.300 e. The van der Waals surface area contributed by atoms with Crippen LogP contribution in [0.5, 0.6) is 0 Å². The smallest absolute Gasteiger partial charge is 0.295 e. The lowest BCUT2D eigenvalue weighted by molar-refractivity contribution is -0.393. The van der Waals surface area contributed by atoms with Gasteiger partial charge in [0, 0.05) is 12.3 Å². The van der Waals surface area contributed by atoms with Crippen molar-refractivity contribution in [3.63, 3.8) is 0 Å². The number of benzene rings is 1. The van der Waals surface area contributed by atoms with Gasteiger partial charge in [-0.2, -0.15) is 4.98 Å². The van der Waals surface area contributed by atoms with Crippen LogP contribution in [-0.2, 0) is 6.42 Å². The number of aromatic nitrogens is 2. The summed E-state index contributed by atoms with van der Waals surface area (Å²) in [5.41, 5.74) is -0.624. The molecular formula is C16H14N4O5. The van der Waals surface area contributed by atoms with E-state index in [0.717, 1.165) is 17.7 Å². The summed E-state index contributed by atoms with van der Waals surface area (Å²) in [6, 6.07) is 5.41. The summed E-state index contributed by atoms with van der Waals surface area (Å²) >= 11 is 0. The molecule has 0 spiro atoms. The van der Waals surface area contributed by atoms with Crippen molar-refractivity contribution in [2.24, 2.45) is 5.92 Å². The Morgan fingerprint density at radius 3 is 2.52 bits per heavy atom. The quantitative estimate of drug-likeness (QED) is 0.408. The summed E-state index contributed by atoms with van der Waals surface area (Å²) in [6.45, 7) is 4.02. The van der Waals surface area contributed by atoms with Gasteiger partial charge in [0.15, 0.2) is 0 Å². The number of hydrogen-bond donors (Lipinski definition) is 0. The van der Waals surface area contributed by atoms with Crippen LogP contribution in [0, 0.1) is 26.1 Å². The van der Waals surface area contributed by atoms with E-state index in [1.54, 1.807) is 12.3 Å². The van der Waals surface area contributed by atoms with Gasteiger partial charge in [-0.1, -0.05) is 19.9 Å². The molecule has 2 aromatic heterocycles. The minimum absolute atomic E-state index is 0.0104. The monoisotopic (exact) mass is 342 g/mol. The summed E-state index contributed by atoms with van der Waals surface area (Å²) in [7, 11) is 0. The van der Waals surface area contributed by atoms with E-state index >= 15 is 0 Å². The predicted octanol–water partition coefficient (Wildman–Crippen LogP) is 2.86. The van der Waals surface area contributed by atoms with E-state index in [2.05, 4.69) is 4.98 Å². The molecule has 25 heavy (non-hydrogen) atoms. The van der Waals surface area contributed by atoms with Gasteiger partial charge in [-0.05, 0) is 24.0 Å². The molecule has 0 N–H and O–H groups in total. The first-order valence-corrected chi connectivity index (χ1v) is 7.56. The number of hydrogen-bond acceptors (Lipinski definition) is 6. The van der Waals surface area contributed by atoms with E-state index in [9.17, 15) is 25.0 Å². The van der Waals surface area contributed by atoms with Crippen LogP contribution in [0.4, 0.5) is 11.4 Å². The summed E-state index contributed by atoms with van der Waals surface area (Å²) < 4.78 is 1.45. The minimum atomic E-state index is -0.768. The maximum Gasteiger partial charge on any atom is 0.300 e. The fraction of sp³-hybridized carbons (Fsp3) is 0.250. The highest BCUT2D eigenvalue weighted by Crippen LogP contribution is 2.30. The number of pyridine rings is 1. The normalized spacial score (nSPS) is 11.3. The maximum atomic E-state index is 12.4. The number of rotatable bonds is 4. The lowest BCUT2D eigenvalue weighted by Gasteiger charge is -2.11. The Morgan fingerprint density at radius 1 is 1.20 bits per heavy atom. The topological polar surface area (TPSA) is 121 Å². The van der Waals surface area contributed by atoms with Crippen LogP contribution in [0.3, 0.4) is 0 Å². The molecule has 0 bridgehead atoms. The molecule has 0 radical (unpaired) electrons. The van der Waals surface area contributed by atoms with E-state index in [1.807, 2.05) is 19.9 Å². The van der Waals surface area contributed by atoms with Crippen molar-refractivity contribution in [2.75, 3.05) is 0 Å². The summed E-state index contributed by atoms with van der Waals surface area (Å²) in [4.78, 5) is 37.4. The molecule has 128 valence electrons. The van der Waals surface area contributed by atoms with Crippen LogP contribution in [0.15, 0.2) is 35.3 Å². The van der Waals surface area contributed by atoms with Crippen molar-refractivity contribution in [1.82, 2.24) is 9.38 Å². The Labute approximate surface area is 140 Å². The molecule has 0 atom stereocenters. The lowest BCUT2D eigenvalue weighted by Crippen LogP contribution is -2.14. The van der Waals surface area contributed by atoms with Gasteiger partial charge in [0.2, 0.25) is 0 Å². The van der Waals surface area contributed by atoms with Crippen LogP contribution in [0.2, 0.25) is 0 Å². The van der Waals surface area contributed by atoms with Crippen molar-refractivity contribution in [3.05, 3.63) is 66.6 Å². The van der Waals surface area contributed by atoms with Gasteiger partial charge >= 0.3 is 5.69 Å². The number of nitro groups is 2. The van der Waals surface area contributed by atoms with Gasteiger partial charge in [-0.25, -0.2) is 0 Å². The third kappa shape index (κ3) is 2.80. The fourth-order valence-corrected chi connectivity index (χ4v) is 2.87. The first-order chi connectivity index (χ1) is 11.8. The van der Waals surface area contributed by atoms with Crippen LogP contribution in [-0.4, -0.2) is 19.2 Å². The van der Waals surface area contributed by atoms with Crippen molar-refractivity contribution < 1.29 is 9.85 Å². The van der Waals surface area contributed by atoms with Crippen LogP contribution < -0.4 is 5.56 Å². The van der Waals surface area contributed by atoms with Gasteiger partial charge in [-0.3, -0.25) is 29.4 Å². The van der Waals surface area contributed by atoms with Crippen molar-refractivity contribution in [1.29, 1.82) is 0 Å². The molecular weight excluding hydrogens is 328 g/mol. The first-order valence-electron chi connectivity index (χ1n) is 7.56. The Balaban J connectivity index is 2.52. The Bertz CT molecular complexity index is 1090. The molecule has 0 saturated heterocycles. The molecule has 1 aromatic carbocycles. The van der Waals surface area contributed by atoms with Gasteiger partial charge in [-0.15, -0.1) is 0 Å². The highest BCUT2D eigenvalue weighted by Gasteiger charge is 2.24. The predicted molar refractivity (Wildman–Crippen MR) is 90.8 cm³/mol. The van der Waals surface area contributed by atoms with Crippen molar-refractivity contribution in [3.8, 4) is 0 Å². The second-order valence-corrected chi connectivity index (χ2v) is 6.12. The zero-order valence-electron chi connectivity index (χ0n) is 13.5. The average Bonchev–Trinajstić information content (AvgIpc) is 2.54. The van der Waals surface area contributed by atoms with E-state index in [0.29, 0.717) is 18.0 Å². The molecule has 3 rings (SSSR count). The number of non-ortho nitro benzene ring substituents is 2. The third-order valence-electron chi connectivity index (χ3n) is 3.84. The zero-order valence-corrected chi connectivity index (χ0v) is 13.5. The summed E-state index contributed by atoms with van der Waals surface area (Å²) in [6.07, 6.45) is 2.20. The van der Waals surface area contributed by atoms with Gasteiger partial charge in [0.25, 0.3) is 11.2 Å². The fourth-order valence-electron chi connectivity index (χ4n) is 2.87. The van der Waals surface area contributed by atoms with Gasteiger partial charge in [0.1, 0.15) is 11.2 Å². The zero-order chi connectivity index (χ0) is 18.3. The lowest BCUT2D eigenvalue weighted by atomic mass is 10.0. The molecule has 0 amide bonds. The van der Waals surface area contributed by atoms with Crippen LogP contribution >= 0.6 is 0 Å². The highest BCUT2D eigenvalue weighted by atomic mass is 16.6. The summed E-state index contributed by atoms with van der Waals surface area (Å²) in [5.74, 6) is 0.297. The third-order valence-corrected chi connectivity index (χ3v) is 3.84. The average molecular weight is 342 g/mol.